The van der Waals surface area contributed by atoms with Crippen LogP contribution in [0.2, 0.25) is 0 Å². The summed E-state index contributed by atoms with van der Waals surface area (Å²) in [4.78, 5) is 20.7. The van der Waals surface area contributed by atoms with E-state index in [9.17, 15) is 17.6 Å². The first-order valence-corrected chi connectivity index (χ1v) is 10.7. The van der Waals surface area contributed by atoms with E-state index in [0.29, 0.717) is 38.6 Å². The van der Waals surface area contributed by atoms with E-state index in [0.717, 1.165) is 23.6 Å². The number of halogens is 1. The summed E-state index contributed by atoms with van der Waals surface area (Å²) in [5.74, 6) is 0.475. The van der Waals surface area contributed by atoms with Gasteiger partial charge in [-0.25, -0.2) is 17.8 Å². The van der Waals surface area contributed by atoms with Crippen molar-refractivity contribution in [2.45, 2.75) is 37.5 Å². The van der Waals surface area contributed by atoms with E-state index in [1.165, 1.54) is 19.1 Å². The van der Waals surface area contributed by atoms with Crippen LogP contribution in [0.15, 0.2) is 33.6 Å². The fourth-order valence-corrected chi connectivity index (χ4v) is 4.48. The average Bonchev–Trinajstić information content (AvgIpc) is 2.98. The minimum absolute atomic E-state index is 0.0528. The third kappa shape index (κ3) is 4.25. The van der Waals surface area contributed by atoms with Gasteiger partial charge in [0.2, 0.25) is 11.8 Å². The van der Waals surface area contributed by atoms with Crippen LogP contribution in [0.4, 0.5) is 4.39 Å². The van der Waals surface area contributed by atoms with Gasteiger partial charge in [0.15, 0.2) is 9.84 Å². The first kappa shape index (κ1) is 20.5. The van der Waals surface area contributed by atoms with Gasteiger partial charge in [0.05, 0.1) is 17.1 Å². The second kappa shape index (κ2) is 8.00. The highest BCUT2D eigenvalue weighted by molar-refractivity contribution is 7.92. The average molecular weight is 409 g/mol. The van der Waals surface area contributed by atoms with Crippen molar-refractivity contribution >= 4 is 15.7 Å². The predicted molar refractivity (Wildman–Crippen MR) is 101 cm³/mol. The fourth-order valence-electron chi connectivity index (χ4n) is 3.14. The quantitative estimate of drug-likeness (QED) is 0.702. The van der Waals surface area contributed by atoms with E-state index in [-0.39, 0.29) is 4.90 Å². The van der Waals surface area contributed by atoms with Gasteiger partial charge in [0.1, 0.15) is 16.8 Å². The largest absolute Gasteiger partial charge is 0.444 e. The Bertz CT molecular complexity index is 929. The van der Waals surface area contributed by atoms with Gasteiger partial charge in [0, 0.05) is 26.2 Å². The summed E-state index contributed by atoms with van der Waals surface area (Å²) in [6.07, 6.45) is 0. The van der Waals surface area contributed by atoms with Gasteiger partial charge in [-0.1, -0.05) is 0 Å². The van der Waals surface area contributed by atoms with E-state index in [4.69, 9.17) is 4.42 Å². The molecule has 7 nitrogen and oxygen atoms in total. The maximum atomic E-state index is 13.1. The van der Waals surface area contributed by atoms with E-state index in [2.05, 4.69) is 9.88 Å². The lowest BCUT2D eigenvalue weighted by atomic mass is 10.3. The Labute approximate surface area is 164 Å². The van der Waals surface area contributed by atoms with E-state index in [1.807, 2.05) is 13.8 Å². The number of rotatable bonds is 5. The number of aromatic nitrogens is 1. The summed E-state index contributed by atoms with van der Waals surface area (Å²) < 4.78 is 44.0. The molecule has 2 heterocycles. The summed E-state index contributed by atoms with van der Waals surface area (Å²) in [7, 11) is -3.86. The Hall–Kier alpha value is -2.26. The van der Waals surface area contributed by atoms with Gasteiger partial charge >= 0.3 is 0 Å². The van der Waals surface area contributed by atoms with Crippen LogP contribution in [-0.2, 0) is 21.2 Å². The second-order valence-electron chi connectivity index (χ2n) is 6.99. The lowest BCUT2D eigenvalue weighted by Crippen LogP contribution is -2.51. The van der Waals surface area contributed by atoms with E-state index >= 15 is 0 Å². The number of hydrogen-bond donors (Lipinski definition) is 0. The predicted octanol–water partition coefficient (Wildman–Crippen LogP) is 1.94. The molecule has 28 heavy (non-hydrogen) atoms. The molecule has 1 aliphatic heterocycles. The van der Waals surface area contributed by atoms with Crippen LogP contribution in [0.5, 0.6) is 0 Å². The zero-order chi connectivity index (χ0) is 20.5. The Kier molecular flexibility index (Phi) is 5.85. The molecule has 1 aromatic heterocycles. The van der Waals surface area contributed by atoms with Crippen LogP contribution in [0.3, 0.4) is 0 Å². The number of sulfone groups is 1. The molecule has 152 valence electrons. The number of amides is 1. The monoisotopic (exact) mass is 409 g/mol. The maximum Gasteiger partial charge on any atom is 0.241 e. The summed E-state index contributed by atoms with van der Waals surface area (Å²) in [6, 6.07) is 4.53. The van der Waals surface area contributed by atoms with Crippen LogP contribution in [0.1, 0.15) is 24.3 Å². The van der Waals surface area contributed by atoms with Crippen LogP contribution in [0, 0.1) is 19.7 Å². The lowest BCUT2D eigenvalue weighted by Gasteiger charge is -2.35. The van der Waals surface area contributed by atoms with Gasteiger partial charge in [-0.15, -0.1) is 0 Å². The highest BCUT2D eigenvalue weighted by atomic mass is 32.2. The number of oxazole rings is 1. The van der Waals surface area contributed by atoms with Crippen molar-refractivity contribution in [2.75, 3.05) is 26.2 Å². The van der Waals surface area contributed by atoms with Gasteiger partial charge in [-0.3, -0.25) is 9.69 Å². The van der Waals surface area contributed by atoms with Gasteiger partial charge in [-0.2, -0.15) is 0 Å². The topological polar surface area (TPSA) is 83.7 Å². The van der Waals surface area contributed by atoms with Crippen molar-refractivity contribution in [3.63, 3.8) is 0 Å². The van der Waals surface area contributed by atoms with Crippen molar-refractivity contribution < 1.29 is 22.0 Å². The molecule has 3 rings (SSSR count). The van der Waals surface area contributed by atoms with Gasteiger partial charge in [0.25, 0.3) is 0 Å². The summed E-state index contributed by atoms with van der Waals surface area (Å²) >= 11 is 0. The number of piperazine rings is 1. The van der Waals surface area contributed by atoms with Gasteiger partial charge in [-0.05, 0) is 45.0 Å². The Morgan fingerprint density at radius 3 is 2.32 bits per heavy atom. The van der Waals surface area contributed by atoms with E-state index in [1.54, 1.807) is 4.90 Å². The second-order valence-corrected chi connectivity index (χ2v) is 9.26. The maximum absolute atomic E-state index is 13.1. The summed E-state index contributed by atoms with van der Waals surface area (Å²) in [6.45, 7) is 7.77. The van der Waals surface area contributed by atoms with Crippen molar-refractivity contribution in [2.24, 2.45) is 0 Å². The summed E-state index contributed by atoms with van der Waals surface area (Å²) in [5.41, 5.74) is 0.864. The number of nitrogens with zero attached hydrogens (tertiary/aromatic N) is 3. The van der Waals surface area contributed by atoms with E-state index < -0.39 is 26.8 Å². The van der Waals surface area contributed by atoms with Gasteiger partial charge < -0.3 is 9.32 Å². The van der Waals surface area contributed by atoms with Crippen molar-refractivity contribution in [1.29, 1.82) is 0 Å². The number of carbonyl (C=O) groups is 1. The SMILES string of the molecule is Cc1nc(CN2CCN(C(=O)C(C)S(=O)(=O)c3ccc(F)cc3)CC2)oc1C. The third-order valence-corrected chi connectivity index (χ3v) is 7.13. The van der Waals surface area contributed by atoms with Crippen molar-refractivity contribution in [3.8, 4) is 0 Å². The molecule has 1 aliphatic rings. The molecule has 1 aromatic carbocycles. The molecule has 2 aromatic rings. The smallest absolute Gasteiger partial charge is 0.241 e. The van der Waals surface area contributed by atoms with Crippen LogP contribution in [-0.4, -0.2) is 60.5 Å². The molecule has 1 amide bonds. The number of carbonyl (C=O) groups excluding carboxylic acids is 1. The molecule has 0 N–H and O–H groups in total. The zero-order valence-corrected chi connectivity index (χ0v) is 17.0. The molecule has 0 saturated carbocycles. The molecule has 0 bridgehead atoms. The first-order chi connectivity index (χ1) is 13.2. The Morgan fingerprint density at radius 2 is 1.79 bits per heavy atom. The van der Waals surface area contributed by atoms with Crippen molar-refractivity contribution in [1.82, 2.24) is 14.8 Å². The molecule has 1 saturated heterocycles. The fraction of sp³-hybridized carbons (Fsp3) is 0.474. The standard InChI is InChI=1S/C19H24FN3O4S/c1-13-14(2)27-18(21-13)12-22-8-10-23(11-9-22)19(24)15(3)28(25,26)17-6-4-16(20)5-7-17/h4-7,15H,8-12H2,1-3H3. The molecule has 9 heteroatoms. The normalized spacial score (nSPS) is 16.9. The summed E-state index contributed by atoms with van der Waals surface area (Å²) in [5, 5.41) is -1.22. The molecule has 1 fully saturated rings. The first-order valence-electron chi connectivity index (χ1n) is 9.12. The zero-order valence-electron chi connectivity index (χ0n) is 16.2. The van der Waals surface area contributed by atoms with Crippen molar-refractivity contribution in [3.05, 3.63) is 47.4 Å². The highest BCUT2D eigenvalue weighted by Gasteiger charge is 2.34. The Morgan fingerprint density at radius 1 is 1.18 bits per heavy atom. The number of aryl methyl sites for hydroxylation is 2. The molecule has 0 aliphatic carbocycles. The Balaban J connectivity index is 1.60. The highest BCUT2D eigenvalue weighted by Crippen LogP contribution is 2.19. The van der Waals surface area contributed by atoms with Crippen LogP contribution < -0.4 is 0 Å². The lowest BCUT2D eigenvalue weighted by molar-refractivity contribution is -0.132. The molecule has 0 spiro atoms. The molecule has 1 unspecified atom stereocenters. The van der Waals surface area contributed by atoms with Crippen LogP contribution in [0.25, 0.3) is 0 Å². The molecule has 0 radical (unpaired) electrons. The third-order valence-electron chi connectivity index (χ3n) is 5.07. The minimum atomic E-state index is -3.86. The molecular formula is C19H24FN3O4S. The molecular weight excluding hydrogens is 385 g/mol. The number of hydrogen-bond acceptors (Lipinski definition) is 6. The van der Waals surface area contributed by atoms with Crippen LogP contribution >= 0.6 is 0 Å². The number of benzene rings is 1. The molecule has 1 atom stereocenters. The minimum Gasteiger partial charge on any atom is -0.444 e.